The van der Waals surface area contributed by atoms with Crippen molar-refractivity contribution in [2.24, 2.45) is 0 Å². The summed E-state index contributed by atoms with van der Waals surface area (Å²) in [5.41, 5.74) is 0. The lowest BCUT2D eigenvalue weighted by molar-refractivity contribution is -0.123. The Morgan fingerprint density at radius 2 is 1.79 bits per heavy atom. The van der Waals surface area contributed by atoms with Crippen LogP contribution in [-0.2, 0) is 14.6 Å². The van der Waals surface area contributed by atoms with Crippen molar-refractivity contribution in [2.45, 2.75) is 48.3 Å². The Morgan fingerprint density at radius 3 is 2.29 bits per heavy atom. The number of nitrogens with one attached hydrogen (secondary N) is 2. The molecule has 1 aromatic carbocycles. The Morgan fingerprint density at radius 1 is 1.25 bits per heavy atom. The van der Waals surface area contributed by atoms with Gasteiger partial charge in [-0.05, 0) is 51.1 Å². The van der Waals surface area contributed by atoms with Gasteiger partial charge in [-0.15, -0.1) is 12.4 Å². The molecule has 1 atom stereocenters. The van der Waals surface area contributed by atoms with E-state index in [0.29, 0.717) is 24.4 Å². The number of benzene rings is 1. The summed E-state index contributed by atoms with van der Waals surface area (Å²) in [6, 6.07) is 6.11. The molecule has 0 spiro atoms. The van der Waals surface area contributed by atoms with Crippen LogP contribution in [0.15, 0.2) is 29.2 Å². The van der Waals surface area contributed by atoms with Crippen molar-refractivity contribution < 1.29 is 13.2 Å². The number of amides is 1. The van der Waals surface area contributed by atoms with Crippen molar-refractivity contribution >= 4 is 39.8 Å². The van der Waals surface area contributed by atoms with Crippen molar-refractivity contribution in [3.8, 4) is 0 Å². The van der Waals surface area contributed by atoms with Gasteiger partial charge in [0, 0.05) is 17.6 Å². The summed E-state index contributed by atoms with van der Waals surface area (Å²) in [6.45, 7) is 2.32. The average Bonchev–Trinajstić information content (AvgIpc) is 3.04. The van der Waals surface area contributed by atoms with E-state index >= 15 is 0 Å². The molecule has 1 amide bonds. The number of carbonyl (C=O) groups is 1. The predicted octanol–water partition coefficient (Wildman–Crippen LogP) is 2.57. The summed E-state index contributed by atoms with van der Waals surface area (Å²) in [4.78, 5) is 12.9. The third-order valence-electron chi connectivity index (χ3n) is 4.52. The summed E-state index contributed by atoms with van der Waals surface area (Å²) >= 11 is 5.84. The van der Waals surface area contributed by atoms with Crippen LogP contribution in [0, 0.1) is 0 Å². The van der Waals surface area contributed by atoms with E-state index in [4.69, 9.17) is 11.6 Å². The second-order valence-electron chi connectivity index (χ2n) is 6.06. The zero-order valence-electron chi connectivity index (χ0n) is 13.8. The van der Waals surface area contributed by atoms with Crippen LogP contribution in [0.25, 0.3) is 0 Å². The number of halogens is 2. The molecule has 2 N–H and O–H groups in total. The molecule has 0 aliphatic heterocycles. The van der Waals surface area contributed by atoms with E-state index in [1.165, 1.54) is 24.3 Å². The Labute approximate surface area is 154 Å². The SMILES string of the molecule is CNC(C)CNC(=O)C1(S(=O)(=O)c2ccc(Cl)cc2)CCCC1.Cl. The molecule has 1 aliphatic carbocycles. The van der Waals surface area contributed by atoms with Crippen LogP contribution in [0.4, 0.5) is 0 Å². The monoisotopic (exact) mass is 394 g/mol. The fourth-order valence-electron chi connectivity index (χ4n) is 2.91. The van der Waals surface area contributed by atoms with E-state index in [1.54, 1.807) is 7.05 Å². The number of hydrogen-bond donors (Lipinski definition) is 2. The van der Waals surface area contributed by atoms with Crippen molar-refractivity contribution in [1.82, 2.24) is 10.6 Å². The van der Waals surface area contributed by atoms with Crippen LogP contribution in [0.5, 0.6) is 0 Å². The summed E-state index contributed by atoms with van der Waals surface area (Å²) in [7, 11) is -1.96. The molecule has 0 aromatic heterocycles. The van der Waals surface area contributed by atoms with E-state index in [9.17, 15) is 13.2 Å². The first-order valence-corrected chi connectivity index (χ1v) is 9.65. The largest absolute Gasteiger partial charge is 0.353 e. The average molecular weight is 395 g/mol. The molecule has 1 aliphatic rings. The fraction of sp³-hybridized carbons (Fsp3) is 0.562. The zero-order chi connectivity index (χ0) is 17.1. The summed E-state index contributed by atoms with van der Waals surface area (Å²) in [6.07, 6.45) is 2.19. The Balaban J connectivity index is 0.00000288. The maximum atomic E-state index is 13.1. The Kier molecular flexibility index (Phi) is 7.53. The van der Waals surface area contributed by atoms with Crippen molar-refractivity contribution in [1.29, 1.82) is 0 Å². The normalized spacial score (nSPS) is 17.8. The first-order valence-electron chi connectivity index (χ1n) is 7.79. The van der Waals surface area contributed by atoms with E-state index in [1.807, 2.05) is 6.92 Å². The molecular weight excluding hydrogens is 371 g/mol. The van der Waals surface area contributed by atoms with Crippen molar-refractivity contribution in [3.63, 3.8) is 0 Å². The highest BCUT2D eigenvalue weighted by molar-refractivity contribution is 7.93. The van der Waals surface area contributed by atoms with Gasteiger partial charge in [0.2, 0.25) is 5.91 Å². The molecule has 5 nitrogen and oxygen atoms in total. The number of carbonyl (C=O) groups excluding carboxylic acids is 1. The highest BCUT2D eigenvalue weighted by Gasteiger charge is 2.52. The topological polar surface area (TPSA) is 75.3 Å². The minimum absolute atomic E-state index is 0. The number of hydrogen-bond acceptors (Lipinski definition) is 4. The molecule has 24 heavy (non-hydrogen) atoms. The lowest BCUT2D eigenvalue weighted by atomic mass is 10.1. The van der Waals surface area contributed by atoms with Gasteiger partial charge in [0.05, 0.1) is 4.90 Å². The molecule has 1 saturated carbocycles. The standard InChI is InChI=1S/C16H23ClN2O3S.ClH/c1-12(18-2)11-19-15(20)16(9-3-4-10-16)23(21,22)14-7-5-13(17)6-8-14;/h5-8,12,18H,3-4,9-11H2,1-2H3,(H,19,20);1H. The molecule has 0 heterocycles. The van der Waals surface area contributed by atoms with Crippen LogP contribution < -0.4 is 10.6 Å². The molecule has 0 bridgehead atoms. The summed E-state index contributed by atoms with van der Waals surface area (Å²) in [5, 5.41) is 6.29. The number of sulfone groups is 1. The minimum Gasteiger partial charge on any atom is -0.353 e. The second kappa shape index (κ2) is 8.52. The maximum absolute atomic E-state index is 13.1. The number of rotatable bonds is 6. The first-order chi connectivity index (χ1) is 10.8. The zero-order valence-corrected chi connectivity index (χ0v) is 16.2. The van der Waals surface area contributed by atoms with E-state index in [-0.39, 0.29) is 23.3 Å². The van der Waals surface area contributed by atoms with Gasteiger partial charge in [-0.1, -0.05) is 24.4 Å². The fourth-order valence-corrected chi connectivity index (χ4v) is 5.13. The quantitative estimate of drug-likeness (QED) is 0.777. The first kappa shape index (κ1) is 21.2. The minimum atomic E-state index is -3.76. The molecule has 2 rings (SSSR count). The number of likely N-dealkylation sites (N-methyl/N-ethyl adjacent to an activating group) is 1. The van der Waals surface area contributed by atoms with Gasteiger partial charge in [0.15, 0.2) is 14.6 Å². The van der Waals surface area contributed by atoms with Crippen molar-refractivity contribution in [3.05, 3.63) is 29.3 Å². The van der Waals surface area contributed by atoms with Gasteiger partial charge >= 0.3 is 0 Å². The molecule has 1 unspecified atom stereocenters. The van der Waals surface area contributed by atoms with Gasteiger partial charge in [0.25, 0.3) is 0 Å². The van der Waals surface area contributed by atoms with Crippen LogP contribution in [-0.4, -0.2) is 38.7 Å². The third-order valence-corrected chi connectivity index (χ3v) is 7.29. The van der Waals surface area contributed by atoms with Gasteiger partial charge in [-0.2, -0.15) is 0 Å². The lowest BCUT2D eigenvalue weighted by Crippen LogP contribution is -2.52. The molecular formula is C16H24Cl2N2O3S. The predicted molar refractivity (Wildman–Crippen MR) is 98.6 cm³/mol. The molecule has 8 heteroatoms. The van der Waals surface area contributed by atoms with Crippen LogP contribution in [0.3, 0.4) is 0 Å². The Hall–Kier alpha value is -0.820. The van der Waals surface area contributed by atoms with Gasteiger partial charge in [0.1, 0.15) is 0 Å². The van der Waals surface area contributed by atoms with Crippen LogP contribution in [0.1, 0.15) is 32.6 Å². The maximum Gasteiger partial charge on any atom is 0.241 e. The van der Waals surface area contributed by atoms with Gasteiger partial charge in [-0.3, -0.25) is 4.79 Å². The second-order valence-corrected chi connectivity index (χ2v) is 8.75. The van der Waals surface area contributed by atoms with E-state index in [2.05, 4.69) is 10.6 Å². The van der Waals surface area contributed by atoms with Crippen LogP contribution >= 0.6 is 24.0 Å². The van der Waals surface area contributed by atoms with Gasteiger partial charge < -0.3 is 10.6 Å². The van der Waals surface area contributed by atoms with E-state index < -0.39 is 20.5 Å². The molecule has 0 radical (unpaired) electrons. The molecule has 0 saturated heterocycles. The third kappa shape index (κ3) is 4.04. The lowest BCUT2D eigenvalue weighted by Gasteiger charge is -2.28. The van der Waals surface area contributed by atoms with Crippen molar-refractivity contribution in [2.75, 3.05) is 13.6 Å². The highest BCUT2D eigenvalue weighted by Crippen LogP contribution is 2.41. The smallest absolute Gasteiger partial charge is 0.241 e. The highest BCUT2D eigenvalue weighted by atomic mass is 35.5. The van der Waals surface area contributed by atoms with Gasteiger partial charge in [-0.25, -0.2) is 8.42 Å². The van der Waals surface area contributed by atoms with Crippen LogP contribution in [0.2, 0.25) is 5.02 Å². The molecule has 136 valence electrons. The Bertz CT molecular complexity index is 656. The van der Waals surface area contributed by atoms with E-state index in [0.717, 1.165) is 12.8 Å². The molecule has 1 aromatic rings. The summed E-state index contributed by atoms with van der Waals surface area (Å²) < 4.78 is 24.8. The molecule has 1 fully saturated rings. The summed E-state index contributed by atoms with van der Waals surface area (Å²) in [5.74, 6) is -0.396.